The Morgan fingerprint density at radius 3 is 2.79 bits per heavy atom. The lowest BCUT2D eigenvalue weighted by Gasteiger charge is -2.42. The van der Waals surface area contributed by atoms with E-state index >= 15 is 0 Å². The minimum Gasteiger partial charge on any atom is -0.469 e. The normalized spacial score (nSPS) is 26.5. The van der Waals surface area contributed by atoms with Crippen molar-refractivity contribution >= 4 is 5.78 Å². The zero-order chi connectivity index (χ0) is 13.3. The van der Waals surface area contributed by atoms with Crippen molar-refractivity contribution in [3.05, 3.63) is 23.7 Å². The molecular formula is C15H20O4. The van der Waals surface area contributed by atoms with E-state index in [1.807, 2.05) is 6.92 Å². The summed E-state index contributed by atoms with van der Waals surface area (Å²) < 4.78 is 16.6. The molecule has 0 aliphatic carbocycles. The Morgan fingerprint density at radius 2 is 2.11 bits per heavy atom. The largest absolute Gasteiger partial charge is 0.469 e. The first-order chi connectivity index (χ1) is 9.20. The van der Waals surface area contributed by atoms with Crippen molar-refractivity contribution in [2.75, 3.05) is 19.8 Å². The summed E-state index contributed by atoms with van der Waals surface area (Å²) in [7, 11) is 0. The molecule has 19 heavy (non-hydrogen) atoms. The number of hydrogen-bond donors (Lipinski definition) is 0. The minimum atomic E-state index is -0.130. The van der Waals surface area contributed by atoms with Crippen LogP contribution in [-0.4, -0.2) is 31.2 Å². The lowest BCUT2D eigenvalue weighted by molar-refractivity contribution is -0.142. The molecule has 1 aromatic heterocycles. The number of furan rings is 1. The number of hydrogen-bond acceptors (Lipinski definition) is 4. The maximum atomic E-state index is 12.6. The molecule has 0 N–H and O–H groups in total. The van der Waals surface area contributed by atoms with Crippen molar-refractivity contribution < 1.29 is 18.7 Å². The average Bonchev–Trinajstić information content (AvgIpc) is 2.85. The zero-order valence-electron chi connectivity index (χ0n) is 11.3. The number of carbonyl (C=O) groups is 1. The second-order valence-corrected chi connectivity index (χ2v) is 5.59. The van der Waals surface area contributed by atoms with Gasteiger partial charge < -0.3 is 13.9 Å². The van der Waals surface area contributed by atoms with Gasteiger partial charge in [0.15, 0.2) is 5.78 Å². The molecule has 0 saturated carbocycles. The van der Waals surface area contributed by atoms with Crippen molar-refractivity contribution in [2.45, 2.75) is 38.2 Å². The van der Waals surface area contributed by atoms with Gasteiger partial charge in [-0.15, -0.1) is 0 Å². The van der Waals surface area contributed by atoms with Crippen LogP contribution in [0.2, 0.25) is 0 Å². The molecule has 2 saturated heterocycles. The number of Topliss-reactive ketones (excluding diaryl/α,β-unsaturated/α-hetero) is 1. The maximum Gasteiger partial charge on any atom is 0.169 e. The van der Waals surface area contributed by atoms with Gasteiger partial charge in [-0.2, -0.15) is 0 Å². The molecule has 0 radical (unpaired) electrons. The standard InChI is InChI=1S/C15H20O4/c1-11-13(3-6-18-11)14(16)12-2-7-19-15(10-12)4-8-17-9-5-15/h3,6,12H,2,4-5,7-10H2,1H3. The minimum absolute atomic E-state index is 0.0585. The summed E-state index contributed by atoms with van der Waals surface area (Å²) in [5.41, 5.74) is 0.600. The predicted molar refractivity (Wildman–Crippen MR) is 69.2 cm³/mol. The molecule has 4 heteroatoms. The predicted octanol–water partition coefficient (Wildman–Crippen LogP) is 2.75. The Bertz CT molecular complexity index is 451. The summed E-state index contributed by atoms with van der Waals surface area (Å²) in [6.45, 7) is 4.00. The molecule has 1 aromatic rings. The molecule has 1 atom stereocenters. The molecule has 4 nitrogen and oxygen atoms in total. The van der Waals surface area contributed by atoms with E-state index in [2.05, 4.69) is 0 Å². The fourth-order valence-corrected chi connectivity index (χ4v) is 3.20. The number of aryl methyl sites for hydroxylation is 1. The molecule has 3 rings (SSSR count). The average molecular weight is 264 g/mol. The smallest absolute Gasteiger partial charge is 0.169 e. The van der Waals surface area contributed by atoms with Crippen LogP contribution in [0, 0.1) is 12.8 Å². The van der Waals surface area contributed by atoms with Gasteiger partial charge in [-0.25, -0.2) is 0 Å². The molecule has 3 heterocycles. The third kappa shape index (κ3) is 2.47. The third-order valence-corrected chi connectivity index (χ3v) is 4.39. The van der Waals surface area contributed by atoms with Crippen LogP contribution in [0.1, 0.15) is 41.8 Å². The summed E-state index contributed by atoms with van der Waals surface area (Å²) in [5, 5.41) is 0. The lowest BCUT2D eigenvalue weighted by Crippen LogP contribution is -2.45. The van der Waals surface area contributed by atoms with Crippen LogP contribution in [0.3, 0.4) is 0 Å². The van der Waals surface area contributed by atoms with Gasteiger partial charge in [0, 0.05) is 25.7 Å². The van der Waals surface area contributed by atoms with Crippen LogP contribution in [0.5, 0.6) is 0 Å². The highest BCUT2D eigenvalue weighted by atomic mass is 16.5. The molecule has 0 amide bonds. The van der Waals surface area contributed by atoms with Gasteiger partial charge >= 0.3 is 0 Å². The number of carbonyl (C=O) groups excluding carboxylic acids is 1. The third-order valence-electron chi connectivity index (χ3n) is 4.39. The van der Waals surface area contributed by atoms with Gasteiger partial charge in [0.25, 0.3) is 0 Å². The van der Waals surface area contributed by atoms with E-state index in [0.717, 1.165) is 50.2 Å². The number of rotatable bonds is 2. The Hall–Kier alpha value is -1.13. The van der Waals surface area contributed by atoms with Crippen molar-refractivity contribution in [1.29, 1.82) is 0 Å². The highest BCUT2D eigenvalue weighted by Gasteiger charge is 2.41. The van der Waals surface area contributed by atoms with E-state index in [4.69, 9.17) is 13.9 Å². The summed E-state index contributed by atoms with van der Waals surface area (Å²) in [6, 6.07) is 1.78. The van der Waals surface area contributed by atoms with Crippen molar-refractivity contribution in [3.8, 4) is 0 Å². The van der Waals surface area contributed by atoms with E-state index in [9.17, 15) is 4.79 Å². The number of ether oxygens (including phenoxy) is 2. The van der Waals surface area contributed by atoms with Crippen LogP contribution in [-0.2, 0) is 9.47 Å². The van der Waals surface area contributed by atoms with Crippen molar-refractivity contribution in [1.82, 2.24) is 0 Å². The SMILES string of the molecule is Cc1occc1C(=O)C1CCOC2(CCOCC2)C1. The summed E-state index contributed by atoms with van der Waals surface area (Å²) in [6.07, 6.45) is 5.03. The van der Waals surface area contributed by atoms with Crippen LogP contribution < -0.4 is 0 Å². The fourth-order valence-electron chi connectivity index (χ4n) is 3.20. The molecule has 0 aromatic carbocycles. The molecule has 2 fully saturated rings. The van der Waals surface area contributed by atoms with Gasteiger partial charge in [0.2, 0.25) is 0 Å². The van der Waals surface area contributed by atoms with E-state index in [0.29, 0.717) is 6.61 Å². The molecule has 1 unspecified atom stereocenters. The Labute approximate surface area is 113 Å². The molecule has 104 valence electrons. The van der Waals surface area contributed by atoms with Gasteiger partial charge in [0.1, 0.15) is 5.76 Å². The Kier molecular flexibility index (Phi) is 3.46. The fraction of sp³-hybridized carbons (Fsp3) is 0.667. The monoisotopic (exact) mass is 264 g/mol. The maximum absolute atomic E-state index is 12.6. The molecule has 2 aliphatic heterocycles. The van der Waals surface area contributed by atoms with Crippen LogP contribution >= 0.6 is 0 Å². The van der Waals surface area contributed by atoms with Gasteiger partial charge in [-0.3, -0.25) is 4.79 Å². The zero-order valence-corrected chi connectivity index (χ0v) is 11.3. The molecule has 1 spiro atoms. The van der Waals surface area contributed by atoms with Crippen LogP contribution in [0.15, 0.2) is 16.7 Å². The van der Waals surface area contributed by atoms with Crippen LogP contribution in [0.25, 0.3) is 0 Å². The summed E-state index contributed by atoms with van der Waals surface area (Å²) in [5.74, 6) is 0.987. The molecule has 0 bridgehead atoms. The molecular weight excluding hydrogens is 244 g/mol. The topological polar surface area (TPSA) is 48.7 Å². The van der Waals surface area contributed by atoms with Gasteiger partial charge in [-0.1, -0.05) is 0 Å². The van der Waals surface area contributed by atoms with E-state index in [1.165, 1.54) is 0 Å². The van der Waals surface area contributed by atoms with Crippen LogP contribution in [0.4, 0.5) is 0 Å². The van der Waals surface area contributed by atoms with E-state index in [1.54, 1.807) is 12.3 Å². The quantitative estimate of drug-likeness (QED) is 0.771. The number of ketones is 1. The van der Waals surface area contributed by atoms with Gasteiger partial charge in [0.05, 0.1) is 17.4 Å². The first-order valence-electron chi connectivity index (χ1n) is 7.00. The molecule has 2 aliphatic rings. The van der Waals surface area contributed by atoms with E-state index in [-0.39, 0.29) is 17.3 Å². The van der Waals surface area contributed by atoms with Crippen molar-refractivity contribution in [3.63, 3.8) is 0 Å². The lowest BCUT2D eigenvalue weighted by atomic mass is 9.78. The van der Waals surface area contributed by atoms with Crippen molar-refractivity contribution in [2.24, 2.45) is 5.92 Å². The summed E-state index contributed by atoms with van der Waals surface area (Å²) in [4.78, 5) is 12.6. The highest BCUT2D eigenvalue weighted by molar-refractivity contribution is 5.98. The Morgan fingerprint density at radius 1 is 1.32 bits per heavy atom. The van der Waals surface area contributed by atoms with E-state index < -0.39 is 0 Å². The first-order valence-corrected chi connectivity index (χ1v) is 7.00. The summed E-state index contributed by atoms with van der Waals surface area (Å²) >= 11 is 0. The van der Waals surface area contributed by atoms with Gasteiger partial charge in [-0.05, 0) is 38.7 Å². The Balaban J connectivity index is 1.74. The second-order valence-electron chi connectivity index (χ2n) is 5.59. The second kappa shape index (κ2) is 5.10. The first kappa shape index (κ1) is 12.9. The highest BCUT2D eigenvalue weighted by Crippen LogP contribution is 2.38.